The number of rotatable bonds is 6. The largest absolute Gasteiger partial charge is 0.457 e. The van der Waals surface area contributed by atoms with Gasteiger partial charge in [0.15, 0.2) is 6.10 Å². The summed E-state index contributed by atoms with van der Waals surface area (Å²) in [5, 5.41) is 9.88. The van der Waals surface area contributed by atoms with E-state index in [0.717, 1.165) is 5.56 Å². The molecule has 1 aliphatic heterocycles. The first-order valence-electron chi connectivity index (χ1n) is 8.56. The van der Waals surface area contributed by atoms with Crippen LogP contribution in [0.25, 0.3) is 0 Å². The van der Waals surface area contributed by atoms with Crippen molar-refractivity contribution in [3.05, 3.63) is 71.8 Å². The molecule has 0 aromatic heterocycles. The van der Waals surface area contributed by atoms with E-state index >= 15 is 0 Å². The van der Waals surface area contributed by atoms with Crippen molar-refractivity contribution in [1.29, 1.82) is 5.26 Å². The highest BCUT2D eigenvalue weighted by molar-refractivity contribution is 5.89. The van der Waals surface area contributed by atoms with E-state index in [-0.39, 0.29) is 18.8 Å². The molecule has 2 atom stereocenters. The van der Waals surface area contributed by atoms with Crippen LogP contribution in [-0.4, -0.2) is 23.6 Å². The first-order valence-corrected chi connectivity index (χ1v) is 8.56. The zero-order chi connectivity index (χ0) is 18.4. The molecule has 1 heterocycles. The molecule has 2 aromatic carbocycles. The molecule has 2 unspecified atom stereocenters. The molecular weight excluding hydrogens is 330 g/mol. The minimum Gasteiger partial charge on any atom is -0.457 e. The van der Waals surface area contributed by atoms with Crippen LogP contribution in [0.3, 0.4) is 0 Å². The van der Waals surface area contributed by atoms with Gasteiger partial charge in [0.05, 0.1) is 5.56 Å². The second kappa shape index (κ2) is 7.83. The third-order valence-corrected chi connectivity index (χ3v) is 4.51. The van der Waals surface area contributed by atoms with Crippen LogP contribution >= 0.6 is 0 Å². The Labute approximate surface area is 152 Å². The van der Waals surface area contributed by atoms with Gasteiger partial charge in [0.25, 0.3) is 0 Å². The van der Waals surface area contributed by atoms with Crippen molar-refractivity contribution in [1.82, 2.24) is 0 Å². The van der Waals surface area contributed by atoms with Crippen LogP contribution in [0.2, 0.25) is 0 Å². The Balaban J connectivity index is 1.83. The van der Waals surface area contributed by atoms with Gasteiger partial charge >= 0.3 is 11.9 Å². The lowest BCUT2D eigenvalue weighted by Crippen LogP contribution is -2.45. The number of nitrogens with zero attached hydrogens (tertiary/aromatic N) is 1. The Kier molecular flexibility index (Phi) is 5.33. The standard InChI is InChI=1S/C21H19NO4/c22-15-21(18-11-12-19(23)25-18,14-13-16-7-3-1-4-8-16)26-20(24)17-9-5-2-6-10-17/h1-10,18H,11-14H2. The zero-order valence-corrected chi connectivity index (χ0v) is 14.3. The summed E-state index contributed by atoms with van der Waals surface area (Å²) in [5.74, 6) is -0.965. The second-order valence-corrected chi connectivity index (χ2v) is 6.26. The molecule has 132 valence electrons. The first-order chi connectivity index (χ1) is 12.6. The van der Waals surface area contributed by atoms with Gasteiger partial charge in [-0.2, -0.15) is 5.26 Å². The molecule has 2 aromatic rings. The number of esters is 2. The van der Waals surface area contributed by atoms with Crippen molar-refractivity contribution in [2.45, 2.75) is 37.4 Å². The Morgan fingerprint density at radius 3 is 2.38 bits per heavy atom. The van der Waals surface area contributed by atoms with E-state index in [4.69, 9.17) is 9.47 Å². The highest BCUT2D eigenvalue weighted by atomic mass is 16.6. The molecule has 0 bridgehead atoms. The van der Waals surface area contributed by atoms with Gasteiger partial charge in [0, 0.05) is 12.8 Å². The fourth-order valence-corrected chi connectivity index (χ4v) is 3.06. The van der Waals surface area contributed by atoms with Crippen molar-refractivity contribution >= 4 is 11.9 Å². The Bertz CT molecular complexity index is 813. The first kappa shape index (κ1) is 17.7. The highest BCUT2D eigenvalue weighted by Crippen LogP contribution is 2.33. The van der Waals surface area contributed by atoms with Crippen LogP contribution in [0.15, 0.2) is 60.7 Å². The summed E-state index contributed by atoms with van der Waals surface area (Å²) in [6.07, 6.45) is 0.622. The van der Waals surface area contributed by atoms with Gasteiger partial charge in [-0.3, -0.25) is 4.79 Å². The normalized spacial score (nSPS) is 18.4. The molecule has 0 spiro atoms. The maximum atomic E-state index is 12.6. The van der Waals surface area contributed by atoms with Crippen LogP contribution in [0.5, 0.6) is 0 Å². The van der Waals surface area contributed by atoms with Gasteiger partial charge in [0.2, 0.25) is 5.60 Å². The minimum atomic E-state index is -1.51. The van der Waals surface area contributed by atoms with E-state index in [0.29, 0.717) is 18.4 Å². The van der Waals surface area contributed by atoms with Gasteiger partial charge in [-0.1, -0.05) is 48.5 Å². The predicted molar refractivity (Wildman–Crippen MR) is 94.1 cm³/mol. The van der Waals surface area contributed by atoms with Crippen LogP contribution in [0.1, 0.15) is 35.2 Å². The lowest BCUT2D eigenvalue weighted by molar-refractivity contribution is -0.149. The predicted octanol–water partition coefficient (Wildman–Crippen LogP) is 3.44. The lowest BCUT2D eigenvalue weighted by Gasteiger charge is -2.31. The van der Waals surface area contributed by atoms with Crippen LogP contribution in [0, 0.1) is 11.3 Å². The quantitative estimate of drug-likeness (QED) is 0.747. The monoisotopic (exact) mass is 349 g/mol. The van der Waals surface area contributed by atoms with Crippen LogP contribution in [0.4, 0.5) is 0 Å². The number of benzene rings is 2. The summed E-state index contributed by atoms with van der Waals surface area (Å²) >= 11 is 0. The molecule has 0 radical (unpaired) electrons. The third kappa shape index (κ3) is 3.92. The number of carbonyl (C=O) groups excluding carboxylic acids is 2. The summed E-state index contributed by atoms with van der Waals surface area (Å²) < 4.78 is 11.0. The fourth-order valence-electron chi connectivity index (χ4n) is 3.06. The molecule has 1 aliphatic rings. The number of hydrogen-bond acceptors (Lipinski definition) is 5. The minimum absolute atomic E-state index is 0.225. The lowest BCUT2D eigenvalue weighted by atomic mass is 9.88. The van der Waals surface area contributed by atoms with E-state index in [1.807, 2.05) is 30.3 Å². The van der Waals surface area contributed by atoms with E-state index < -0.39 is 17.7 Å². The molecule has 1 fully saturated rings. The van der Waals surface area contributed by atoms with Crippen molar-refractivity contribution in [3.63, 3.8) is 0 Å². The number of nitriles is 1. The van der Waals surface area contributed by atoms with Gasteiger partial charge in [-0.05, 0) is 30.5 Å². The second-order valence-electron chi connectivity index (χ2n) is 6.26. The summed E-state index contributed by atoms with van der Waals surface area (Å²) in [4.78, 5) is 24.1. The van der Waals surface area contributed by atoms with E-state index in [1.54, 1.807) is 30.3 Å². The van der Waals surface area contributed by atoms with Gasteiger partial charge < -0.3 is 9.47 Å². The fraction of sp³-hybridized carbons (Fsp3) is 0.286. The number of hydrogen-bond donors (Lipinski definition) is 0. The highest BCUT2D eigenvalue weighted by Gasteiger charge is 2.48. The van der Waals surface area contributed by atoms with Gasteiger partial charge in [-0.25, -0.2) is 4.79 Å². The van der Waals surface area contributed by atoms with Crippen LogP contribution in [-0.2, 0) is 20.7 Å². The zero-order valence-electron chi connectivity index (χ0n) is 14.3. The van der Waals surface area contributed by atoms with Crippen molar-refractivity contribution < 1.29 is 19.1 Å². The number of aryl methyl sites for hydroxylation is 1. The Morgan fingerprint density at radius 2 is 1.81 bits per heavy atom. The maximum Gasteiger partial charge on any atom is 0.339 e. The topological polar surface area (TPSA) is 76.4 Å². The molecule has 26 heavy (non-hydrogen) atoms. The number of ether oxygens (including phenoxy) is 2. The molecule has 3 rings (SSSR count). The smallest absolute Gasteiger partial charge is 0.339 e. The summed E-state index contributed by atoms with van der Waals surface area (Å²) in [6.45, 7) is 0. The van der Waals surface area contributed by atoms with Gasteiger partial charge in [0.1, 0.15) is 6.07 Å². The van der Waals surface area contributed by atoms with Gasteiger partial charge in [-0.15, -0.1) is 0 Å². The summed E-state index contributed by atoms with van der Waals surface area (Å²) in [6, 6.07) is 20.3. The maximum absolute atomic E-state index is 12.6. The molecule has 5 heteroatoms. The summed E-state index contributed by atoms with van der Waals surface area (Å²) in [5.41, 5.74) is -0.127. The third-order valence-electron chi connectivity index (χ3n) is 4.51. The number of carbonyl (C=O) groups is 2. The number of cyclic esters (lactones) is 1. The molecule has 0 amide bonds. The van der Waals surface area contributed by atoms with Crippen molar-refractivity contribution in [2.24, 2.45) is 0 Å². The molecule has 5 nitrogen and oxygen atoms in total. The average molecular weight is 349 g/mol. The Hall–Kier alpha value is -3.13. The summed E-state index contributed by atoms with van der Waals surface area (Å²) in [7, 11) is 0. The average Bonchev–Trinajstić information content (AvgIpc) is 3.13. The van der Waals surface area contributed by atoms with Crippen molar-refractivity contribution in [2.75, 3.05) is 0 Å². The Morgan fingerprint density at radius 1 is 1.15 bits per heavy atom. The van der Waals surface area contributed by atoms with Crippen molar-refractivity contribution in [3.8, 4) is 6.07 Å². The van der Waals surface area contributed by atoms with E-state index in [2.05, 4.69) is 6.07 Å². The van der Waals surface area contributed by atoms with E-state index in [1.165, 1.54) is 0 Å². The molecule has 1 saturated heterocycles. The van der Waals surface area contributed by atoms with Crippen LogP contribution < -0.4 is 0 Å². The molecular formula is C21H19NO4. The SMILES string of the molecule is N#CC(CCc1ccccc1)(OC(=O)c1ccccc1)C1CCC(=O)O1. The molecule has 0 aliphatic carbocycles. The van der Waals surface area contributed by atoms with E-state index in [9.17, 15) is 14.9 Å². The molecule has 0 N–H and O–H groups in total. The molecule has 0 saturated carbocycles.